The average molecular weight is 505 g/mol. The van der Waals surface area contributed by atoms with Crippen molar-refractivity contribution in [1.29, 1.82) is 0 Å². The molecule has 0 aliphatic heterocycles. The molecule has 0 atom stereocenters. The maximum atomic E-state index is 13.4. The molecule has 1 N–H and O–H groups in total. The molecule has 5 heteroatoms. The highest BCUT2D eigenvalue weighted by Gasteiger charge is 2.13. The Morgan fingerprint density at radius 2 is 1.79 bits per heavy atom. The predicted molar refractivity (Wildman–Crippen MR) is 124 cm³/mol. The van der Waals surface area contributed by atoms with Gasteiger partial charge in [-0.05, 0) is 90.4 Å². The van der Waals surface area contributed by atoms with Crippen LogP contribution in [0.2, 0.25) is 0 Å². The van der Waals surface area contributed by atoms with Crippen LogP contribution >= 0.6 is 22.6 Å². The standard InChI is InChI=1S/C24H25FINO2/c1-4-28-23-13-19(14-27-22-9-8-16(2)10-17(22)3)12-21(26)24(23)29-15-18-6-5-7-20(25)11-18/h5-13,27H,4,14-15H2,1-3H3. The van der Waals surface area contributed by atoms with E-state index in [0.29, 0.717) is 24.7 Å². The molecule has 0 saturated carbocycles. The van der Waals surface area contributed by atoms with Gasteiger partial charge in [-0.2, -0.15) is 0 Å². The summed E-state index contributed by atoms with van der Waals surface area (Å²) in [4.78, 5) is 0. The molecule has 0 unspecified atom stereocenters. The first-order valence-electron chi connectivity index (χ1n) is 9.60. The van der Waals surface area contributed by atoms with Crippen LogP contribution < -0.4 is 14.8 Å². The second-order valence-corrected chi connectivity index (χ2v) is 8.09. The zero-order valence-electron chi connectivity index (χ0n) is 16.9. The van der Waals surface area contributed by atoms with Gasteiger partial charge in [0.25, 0.3) is 0 Å². The second kappa shape index (κ2) is 9.96. The summed E-state index contributed by atoms with van der Waals surface area (Å²) in [6.45, 7) is 7.66. The quantitative estimate of drug-likeness (QED) is 0.349. The molecule has 0 aliphatic carbocycles. The van der Waals surface area contributed by atoms with Crippen molar-refractivity contribution in [1.82, 2.24) is 0 Å². The molecule has 3 aromatic carbocycles. The highest BCUT2D eigenvalue weighted by atomic mass is 127. The number of hydrogen-bond acceptors (Lipinski definition) is 3. The van der Waals surface area contributed by atoms with Crippen LogP contribution in [0.3, 0.4) is 0 Å². The SMILES string of the molecule is CCOc1cc(CNc2ccc(C)cc2C)cc(I)c1OCc1cccc(F)c1. The van der Waals surface area contributed by atoms with Crippen molar-refractivity contribution in [3.05, 3.63) is 86.2 Å². The Labute approximate surface area is 185 Å². The van der Waals surface area contributed by atoms with Gasteiger partial charge in [0.1, 0.15) is 12.4 Å². The lowest BCUT2D eigenvalue weighted by Crippen LogP contribution is -2.05. The van der Waals surface area contributed by atoms with E-state index in [1.165, 1.54) is 23.3 Å². The topological polar surface area (TPSA) is 30.5 Å². The summed E-state index contributed by atoms with van der Waals surface area (Å²) in [6.07, 6.45) is 0. The van der Waals surface area contributed by atoms with Crippen molar-refractivity contribution >= 4 is 28.3 Å². The molecule has 0 aromatic heterocycles. The van der Waals surface area contributed by atoms with Crippen LogP contribution in [-0.2, 0) is 13.2 Å². The van der Waals surface area contributed by atoms with Gasteiger partial charge < -0.3 is 14.8 Å². The van der Waals surface area contributed by atoms with Crippen LogP contribution in [0.15, 0.2) is 54.6 Å². The molecule has 0 aliphatic rings. The summed E-state index contributed by atoms with van der Waals surface area (Å²) in [7, 11) is 0. The van der Waals surface area contributed by atoms with Crippen molar-refractivity contribution in [3.63, 3.8) is 0 Å². The third-order valence-electron chi connectivity index (χ3n) is 4.51. The van der Waals surface area contributed by atoms with E-state index in [-0.39, 0.29) is 12.4 Å². The second-order valence-electron chi connectivity index (χ2n) is 6.93. The third kappa shape index (κ3) is 5.85. The molecule has 3 nitrogen and oxygen atoms in total. The van der Waals surface area contributed by atoms with Crippen molar-refractivity contribution in [2.24, 2.45) is 0 Å². The van der Waals surface area contributed by atoms with Crippen molar-refractivity contribution in [2.75, 3.05) is 11.9 Å². The van der Waals surface area contributed by atoms with E-state index >= 15 is 0 Å². The lowest BCUT2D eigenvalue weighted by Gasteiger charge is -2.17. The number of benzene rings is 3. The van der Waals surface area contributed by atoms with Crippen LogP contribution in [0, 0.1) is 23.2 Å². The Bertz CT molecular complexity index is 991. The number of nitrogens with one attached hydrogen (secondary N) is 1. The third-order valence-corrected chi connectivity index (χ3v) is 5.31. The summed E-state index contributed by atoms with van der Waals surface area (Å²) in [5, 5.41) is 3.50. The normalized spacial score (nSPS) is 10.7. The lowest BCUT2D eigenvalue weighted by atomic mass is 10.1. The van der Waals surface area contributed by atoms with Gasteiger partial charge >= 0.3 is 0 Å². The Hall–Kier alpha value is -2.28. The summed E-state index contributed by atoms with van der Waals surface area (Å²) in [5.41, 5.74) is 5.48. The molecule has 3 aromatic rings. The molecule has 3 rings (SSSR count). The van der Waals surface area contributed by atoms with Gasteiger partial charge in [0.2, 0.25) is 0 Å². The molecule has 0 heterocycles. The highest BCUT2D eigenvalue weighted by molar-refractivity contribution is 14.1. The first-order valence-corrected chi connectivity index (χ1v) is 10.7. The summed E-state index contributed by atoms with van der Waals surface area (Å²) >= 11 is 2.26. The Kier molecular flexibility index (Phi) is 7.36. The number of hydrogen-bond donors (Lipinski definition) is 1. The molecule has 0 amide bonds. The number of ether oxygens (including phenoxy) is 2. The van der Waals surface area contributed by atoms with Gasteiger partial charge in [0.15, 0.2) is 11.5 Å². The Morgan fingerprint density at radius 1 is 0.966 bits per heavy atom. The molecule has 0 bridgehead atoms. The minimum atomic E-state index is -0.265. The van der Waals surface area contributed by atoms with E-state index < -0.39 is 0 Å². The molecule has 0 saturated heterocycles. The van der Waals surface area contributed by atoms with Gasteiger partial charge in [-0.15, -0.1) is 0 Å². The Morgan fingerprint density at radius 3 is 2.52 bits per heavy atom. The molecule has 0 fully saturated rings. The van der Waals surface area contributed by atoms with Crippen LogP contribution in [0.5, 0.6) is 11.5 Å². The fourth-order valence-electron chi connectivity index (χ4n) is 3.12. The molecule has 152 valence electrons. The van der Waals surface area contributed by atoms with Crippen molar-refractivity contribution < 1.29 is 13.9 Å². The summed E-state index contributed by atoms with van der Waals surface area (Å²) in [5.74, 6) is 1.12. The molecule has 29 heavy (non-hydrogen) atoms. The van der Waals surface area contributed by atoms with Crippen molar-refractivity contribution in [3.8, 4) is 11.5 Å². The van der Waals surface area contributed by atoms with E-state index in [2.05, 4.69) is 66.0 Å². The largest absolute Gasteiger partial charge is 0.490 e. The Balaban J connectivity index is 1.76. The minimum Gasteiger partial charge on any atom is -0.490 e. The molecule has 0 radical (unpaired) electrons. The van der Waals surface area contributed by atoms with Gasteiger partial charge in [0.05, 0.1) is 10.2 Å². The number of aryl methyl sites for hydroxylation is 2. The maximum Gasteiger partial charge on any atom is 0.174 e. The van der Waals surface area contributed by atoms with Gasteiger partial charge in [-0.1, -0.05) is 29.8 Å². The predicted octanol–water partition coefficient (Wildman–Crippen LogP) is 6.64. The van der Waals surface area contributed by atoms with Crippen LogP contribution in [0.25, 0.3) is 0 Å². The van der Waals surface area contributed by atoms with E-state index in [1.807, 2.05) is 19.1 Å². The highest BCUT2D eigenvalue weighted by Crippen LogP contribution is 2.35. The molecular weight excluding hydrogens is 480 g/mol. The minimum absolute atomic E-state index is 0.265. The van der Waals surface area contributed by atoms with Crippen molar-refractivity contribution in [2.45, 2.75) is 33.9 Å². The fourth-order valence-corrected chi connectivity index (χ4v) is 3.94. The van der Waals surface area contributed by atoms with Crippen LogP contribution in [0.4, 0.5) is 10.1 Å². The van der Waals surface area contributed by atoms with E-state index in [9.17, 15) is 4.39 Å². The van der Waals surface area contributed by atoms with E-state index in [0.717, 1.165) is 20.4 Å². The van der Waals surface area contributed by atoms with Crippen LogP contribution in [-0.4, -0.2) is 6.61 Å². The number of rotatable bonds is 8. The summed E-state index contributed by atoms with van der Waals surface area (Å²) in [6, 6.07) is 16.9. The van der Waals surface area contributed by atoms with Gasteiger partial charge in [-0.25, -0.2) is 4.39 Å². The lowest BCUT2D eigenvalue weighted by molar-refractivity contribution is 0.267. The fraction of sp³-hybridized carbons (Fsp3) is 0.250. The smallest absolute Gasteiger partial charge is 0.174 e. The van der Waals surface area contributed by atoms with Gasteiger partial charge in [-0.3, -0.25) is 0 Å². The number of halogens is 2. The molecular formula is C24H25FINO2. The van der Waals surface area contributed by atoms with E-state index in [4.69, 9.17) is 9.47 Å². The first-order chi connectivity index (χ1) is 14.0. The average Bonchev–Trinajstić information content (AvgIpc) is 2.67. The monoisotopic (exact) mass is 505 g/mol. The first kappa shape index (κ1) is 21.4. The zero-order chi connectivity index (χ0) is 20.8. The van der Waals surface area contributed by atoms with Gasteiger partial charge in [0, 0.05) is 12.2 Å². The number of anilines is 1. The summed E-state index contributed by atoms with van der Waals surface area (Å²) < 4.78 is 26.2. The molecule has 0 spiro atoms. The van der Waals surface area contributed by atoms with Crippen LogP contribution in [0.1, 0.15) is 29.2 Å². The van der Waals surface area contributed by atoms with E-state index in [1.54, 1.807) is 6.07 Å². The maximum absolute atomic E-state index is 13.4. The zero-order valence-corrected chi connectivity index (χ0v) is 19.0.